The maximum Gasteiger partial charge on any atom is 0.219 e. The molecule has 0 saturated carbocycles. The first-order valence-electron chi connectivity index (χ1n) is 4.46. The van der Waals surface area contributed by atoms with Crippen molar-refractivity contribution in [2.75, 3.05) is 0 Å². The Hall–Kier alpha value is -1.55. The van der Waals surface area contributed by atoms with Gasteiger partial charge in [-0.2, -0.15) is 5.10 Å². The van der Waals surface area contributed by atoms with E-state index in [4.69, 9.17) is 16.3 Å². The van der Waals surface area contributed by atoms with Crippen molar-refractivity contribution in [3.8, 4) is 11.6 Å². The Morgan fingerprint density at radius 1 is 1.47 bits per heavy atom. The number of pyridine rings is 1. The van der Waals surface area contributed by atoms with Gasteiger partial charge >= 0.3 is 0 Å². The molecule has 2 aromatic rings. The normalized spacial score (nSPS) is 10.3. The summed E-state index contributed by atoms with van der Waals surface area (Å²) in [4.78, 5) is 4.20. The van der Waals surface area contributed by atoms with E-state index in [1.807, 2.05) is 19.2 Å². The van der Waals surface area contributed by atoms with Gasteiger partial charge in [0.2, 0.25) is 5.88 Å². The van der Waals surface area contributed by atoms with Crippen molar-refractivity contribution in [3.63, 3.8) is 0 Å². The molecule has 0 amide bonds. The smallest absolute Gasteiger partial charge is 0.219 e. The van der Waals surface area contributed by atoms with Crippen LogP contribution in [0.15, 0.2) is 30.6 Å². The van der Waals surface area contributed by atoms with Crippen LogP contribution in [0.3, 0.4) is 0 Å². The van der Waals surface area contributed by atoms with Gasteiger partial charge in [0.1, 0.15) is 0 Å². The molecule has 0 aliphatic heterocycles. The van der Waals surface area contributed by atoms with E-state index in [0.29, 0.717) is 17.5 Å². The molecule has 4 nitrogen and oxygen atoms in total. The molecule has 5 heteroatoms. The average molecular weight is 224 g/mol. The Morgan fingerprint density at radius 3 is 3.00 bits per heavy atom. The first-order chi connectivity index (χ1) is 7.28. The average Bonchev–Trinajstić information content (AvgIpc) is 2.64. The van der Waals surface area contributed by atoms with Crippen LogP contribution in [0.4, 0.5) is 0 Å². The van der Waals surface area contributed by atoms with Crippen molar-refractivity contribution < 1.29 is 4.74 Å². The Morgan fingerprint density at radius 2 is 2.33 bits per heavy atom. The van der Waals surface area contributed by atoms with Gasteiger partial charge in [-0.05, 0) is 6.07 Å². The summed E-state index contributed by atoms with van der Waals surface area (Å²) in [6.45, 7) is 0. The van der Waals surface area contributed by atoms with Crippen LogP contribution in [0.2, 0.25) is 0 Å². The molecule has 2 rings (SSSR count). The van der Waals surface area contributed by atoms with Crippen molar-refractivity contribution in [1.82, 2.24) is 14.8 Å². The van der Waals surface area contributed by atoms with E-state index in [2.05, 4.69) is 10.1 Å². The van der Waals surface area contributed by atoms with Crippen LogP contribution in [0.25, 0.3) is 0 Å². The zero-order valence-electron chi connectivity index (χ0n) is 8.22. The minimum atomic E-state index is 0.379. The second kappa shape index (κ2) is 4.31. The minimum absolute atomic E-state index is 0.379. The zero-order valence-corrected chi connectivity index (χ0v) is 8.98. The van der Waals surface area contributed by atoms with Gasteiger partial charge in [0.15, 0.2) is 5.75 Å². The van der Waals surface area contributed by atoms with E-state index in [0.717, 1.165) is 5.69 Å². The summed E-state index contributed by atoms with van der Waals surface area (Å²) in [6, 6.07) is 5.49. The van der Waals surface area contributed by atoms with Crippen LogP contribution in [0.1, 0.15) is 5.69 Å². The van der Waals surface area contributed by atoms with Crippen LogP contribution in [-0.2, 0) is 12.9 Å². The summed E-state index contributed by atoms with van der Waals surface area (Å²) in [5.74, 6) is 1.57. The Bertz CT molecular complexity index is 455. The third-order valence-electron chi connectivity index (χ3n) is 1.82. The highest BCUT2D eigenvalue weighted by atomic mass is 35.5. The Labute approximate surface area is 92.5 Å². The first-order valence-corrected chi connectivity index (χ1v) is 5.00. The fourth-order valence-electron chi connectivity index (χ4n) is 1.16. The summed E-state index contributed by atoms with van der Waals surface area (Å²) in [7, 11) is 1.83. The fourth-order valence-corrected chi connectivity index (χ4v) is 1.31. The molecule has 2 aromatic heterocycles. The van der Waals surface area contributed by atoms with Gasteiger partial charge in [0.05, 0.1) is 24.0 Å². The summed E-state index contributed by atoms with van der Waals surface area (Å²) < 4.78 is 7.16. The number of ether oxygens (including phenoxy) is 1. The van der Waals surface area contributed by atoms with E-state index in [9.17, 15) is 0 Å². The maximum absolute atomic E-state index is 5.67. The summed E-state index contributed by atoms with van der Waals surface area (Å²) >= 11 is 5.67. The maximum atomic E-state index is 5.67. The van der Waals surface area contributed by atoms with Crippen LogP contribution >= 0.6 is 11.6 Å². The lowest BCUT2D eigenvalue weighted by atomic mass is 10.4. The highest BCUT2D eigenvalue weighted by Gasteiger charge is 2.01. The first kappa shape index (κ1) is 9.98. The molecule has 0 radical (unpaired) electrons. The summed E-state index contributed by atoms with van der Waals surface area (Å²) in [5.41, 5.74) is 0.790. The second-order valence-electron chi connectivity index (χ2n) is 3.05. The van der Waals surface area contributed by atoms with Gasteiger partial charge in [-0.25, -0.2) is 4.98 Å². The molecule has 0 saturated heterocycles. The zero-order chi connectivity index (χ0) is 10.7. The number of hydrogen-bond donors (Lipinski definition) is 0. The molecule has 0 unspecified atom stereocenters. The molecule has 0 fully saturated rings. The highest BCUT2D eigenvalue weighted by molar-refractivity contribution is 6.16. The van der Waals surface area contributed by atoms with Crippen molar-refractivity contribution in [2.45, 2.75) is 5.88 Å². The standard InChI is InChI=1S/C10H10ClN3O/c1-14-7-9(6-12-14)15-10-4-2-3-8(5-11)13-10/h2-4,6-7H,5H2,1H3. The molecule has 15 heavy (non-hydrogen) atoms. The number of nitrogens with zero attached hydrogens (tertiary/aromatic N) is 3. The number of halogens is 1. The Balaban J connectivity index is 2.16. The summed E-state index contributed by atoms with van der Waals surface area (Å²) in [6.07, 6.45) is 3.41. The van der Waals surface area contributed by atoms with Gasteiger partial charge in [0.25, 0.3) is 0 Å². The third-order valence-corrected chi connectivity index (χ3v) is 2.10. The quantitative estimate of drug-likeness (QED) is 0.750. The van der Waals surface area contributed by atoms with E-state index in [1.54, 1.807) is 23.1 Å². The predicted octanol–water partition coefficient (Wildman–Crippen LogP) is 2.35. The number of hydrogen-bond acceptors (Lipinski definition) is 3. The minimum Gasteiger partial charge on any atom is -0.436 e. The second-order valence-corrected chi connectivity index (χ2v) is 3.32. The van der Waals surface area contributed by atoms with Crippen molar-refractivity contribution in [3.05, 3.63) is 36.3 Å². The van der Waals surface area contributed by atoms with Gasteiger partial charge in [-0.15, -0.1) is 11.6 Å². The number of rotatable bonds is 3. The number of aromatic nitrogens is 3. The number of aryl methyl sites for hydroxylation is 1. The van der Waals surface area contributed by atoms with Crippen LogP contribution < -0.4 is 4.74 Å². The van der Waals surface area contributed by atoms with Crippen molar-refractivity contribution in [2.24, 2.45) is 7.05 Å². The molecule has 0 bridgehead atoms. The molecule has 78 valence electrons. The predicted molar refractivity (Wildman–Crippen MR) is 57.1 cm³/mol. The monoisotopic (exact) mass is 223 g/mol. The van der Waals surface area contributed by atoms with E-state index in [-0.39, 0.29) is 0 Å². The summed E-state index contributed by atoms with van der Waals surface area (Å²) in [5, 5.41) is 3.99. The molecule has 0 atom stereocenters. The van der Waals surface area contributed by atoms with Crippen LogP contribution in [0, 0.1) is 0 Å². The van der Waals surface area contributed by atoms with Gasteiger partial charge in [-0.3, -0.25) is 4.68 Å². The van der Waals surface area contributed by atoms with E-state index < -0.39 is 0 Å². The van der Waals surface area contributed by atoms with Crippen LogP contribution in [-0.4, -0.2) is 14.8 Å². The molecular weight excluding hydrogens is 214 g/mol. The van der Waals surface area contributed by atoms with Crippen molar-refractivity contribution in [1.29, 1.82) is 0 Å². The fraction of sp³-hybridized carbons (Fsp3) is 0.200. The van der Waals surface area contributed by atoms with Gasteiger partial charge < -0.3 is 4.74 Å². The molecule has 0 aliphatic carbocycles. The molecular formula is C10H10ClN3O. The van der Waals surface area contributed by atoms with Gasteiger partial charge in [0, 0.05) is 13.1 Å². The van der Waals surface area contributed by atoms with Crippen molar-refractivity contribution >= 4 is 11.6 Å². The highest BCUT2D eigenvalue weighted by Crippen LogP contribution is 2.18. The van der Waals surface area contributed by atoms with E-state index in [1.165, 1.54) is 0 Å². The lowest BCUT2D eigenvalue weighted by molar-refractivity contribution is 0.461. The van der Waals surface area contributed by atoms with E-state index >= 15 is 0 Å². The number of alkyl halides is 1. The SMILES string of the molecule is Cn1cc(Oc2cccc(CCl)n2)cn1. The Kier molecular flexibility index (Phi) is 2.87. The topological polar surface area (TPSA) is 39.9 Å². The molecule has 0 spiro atoms. The third kappa shape index (κ3) is 2.47. The molecule has 0 aromatic carbocycles. The molecule has 0 N–H and O–H groups in total. The molecule has 0 aliphatic rings. The largest absolute Gasteiger partial charge is 0.436 e. The van der Waals surface area contributed by atoms with Crippen LogP contribution in [0.5, 0.6) is 11.6 Å². The lowest BCUT2D eigenvalue weighted by Crippen LogP contribution is -1.90. The molecule has 2 heterocycles. The van der Waals surface area contributed by atoms with Gasteiger partial charge in [-0.1, -0.05) is 6.07 Å². The lowest BCUT2D eigenvalue weighted by Gasteiger charge is -2.02.